The van der Waals surface area contributed by atoms with E-state index < -0.39 is 0 Å². The van der Waals surface area contributed by atoms with Crippen molar-refractivity contribution in [2.24, 2.45) is 0 Å². The van der Waals surface area contributed by atoms with Crippen LogP contribution in [-0.2, 0) is 16.0 Å². The van der Waals surface area contributed by atoms with E-state index in [2.05, 4.69) is 0 Å². The minimum atomic E-state index is 0.107. The van der Waals surface area contributed by atoms with Gasteiger partial charge in [0.1, 0.15) is 0 Å². The molecule has 0 spiro atoms. The standard InChI is InChI=1S/C12H19NO3/c1-11(14)12-4-6-13(10-12)5-3-7-16-9-8-15-2/h4,6,10H,3,5,7-9H2,1-2H3. The van der Waals surface area contributed by atoms with Gasteiger partial charge in [-0.25, -0.2) is 0 Å². The fourth-order valence-electron chi connectivity index (χ4n) is 1.38. The van der Waals surface area contributed by atoms with Crippen molar-refractivity contribution >= 4 is 5.78 Å². The van der Waals surface area contributed by atoms with Gasteiger partial charge >= 0.3 is 0 Å². The maximum absolute atomic E-state index is 11.1. The molecule has 0 aliphatic rings. The van der Waals surface area contributed by atoms with Crippen molar-refractivity contribution in [2.75, 3.05) is 26.9 Å². The van der Waals surface area contributed by atoms with Crippen LogP contribution in [0, 0.1) is 0 Å². The number of ketones is 1. The number of aromatic nitrogens is 1. The normalized spacial score (nSPS) is 10.6. The van der Waals surface area contributed by atoms with Crippen molar-refractivity contribution in [1.82, 2.24) is 4.57 Å². The van der Waals surface area contributed by atoms with E-state index in [4.69, 9.17) is 9.47 Å². The largest absolute Gasteiger partial charge is 0.382 e. The maximum Gasteiger partial charge on any atom is 0.161 e. The van der Waals surface area contributed by atoms with E-state index in [9.17, 15) is 4.79 Å². The highest BCUT2D eigenvalue weighted by molar-refractivity contribution is 5.93. The second kappa shape index (κ2) is 7.19. The van der Waals surface area contributed by atoms with Gasteiger partial charge in [0.15, 0.2) is 5.78 Å². The summed E-state index contributed by atoms with van der Waals surface area (Å²) in [7, 11) is 1.66. The monoisotopic (exact) mass is 225 g/mol. The highest BCUT2D eigenvalue weighted by atomic mass is 16.5. The maximum atomic E-state index is 11.1. The zero-order valence-electron chi connectivity index (χ0n) is 9.94. The first-order valence-electron chi connectivity index (χ1n) is 5.47. The Kier molecular flexibility index (Phi) is 5.82. The molecule has 0 saturated heterocycles. The number of carbonyl (C=O) groups is 1. The quantitative estimate of drug-likeness (QED) is 0.500. The molecule has 1 aromatic heterocycles. The molecule has 4 heteroatoms. The molecule has 0 aliphatic carbocycles. The van der Waals surface area contributed by atoms with Crippen LogP contribution in [0.4, 0.5) is 0 Å². The molecule has 1 aromatic rings. The van der Waals surface area contributed by atoms with Crippen LogP contribution >= 0.6 is 0 Å². The van der Waals surface area contributed by atoms with E-state index >= 15 is 0 Å². The molecule has 0 saturated carbocycles. The predicted octanol–water partition coefficient (Wildman–Crippen LogP) is 1.74. The molecular formula is C12H19NO3. The molecule has 0 atom stereocenters. The molecule has 0 radical (unpaired) electrons. The number of aryl methyl sites for hydroxylation is 1. The van der Waals surface area contributed by atoms with Crippen LogP contribution in [0.25, 0.3) is 0 Å². The van der Waals surface area contributed by atoms with Gasteiger partial charge in [0.2, 0.25) is 0 Å². The molecule has 1 rings (SSSR count). The number of ether oxygens (including phenoxy) is 2. The molecule has 4 nitrogen and oxygen atoms in total. The average molecular weight is 225 g/mol. The fraction of sp³-hybridized carbons (Fsp3) is 0.583. The zero-order valence-corrected chi connectivity index (χ0v) is 9.94. The van der Waals surface area contributed by atoms with Gasteiger partial charge in [-0.05, 0) is 19.4 Å². The Morgan fingerprint density at radius 1 is 1.38 bits per heavy atom. The van der Waals surface area contributed by atoms with Gasteiger partial charge in [-0.15, -0.1) is 0 Å². The van der Waals surface area contributed by atoms with Crippen molar-refractivity contribution in [1.29, 1.82) is 0 Å². The molecule has 0 aromatic carbocycles. The van der Waals surface area contributed by atoms with Crippen LogP contribution in [0.2, 0.25) is 0 Å². The zero-order chi connectivity index (χ0) is 11.8. The van der Waals surface area contributed by atoms with E-state index in [1.807, 2.05) is 23.0 Å². The van der Waals surface area contributed by atoms with Crippen molar-refractivity contribution in [2.45, 2.75) is 19.9 Å². The summed E-state index contributed by atoms with van der Waals surface area (Å²) in [4.78, 5) is 11.1. The Bertz CT molecular complexity index is 320. The van der Waals surface area contributed by atoms with Gasteiger partial charge < -0.3 is 14.0 Å². The third kappa shape index (κ3) is 4.59. The Morgan fingerprint density at radius 3 is 2.81 bits per heavy atom. The molecule has 0 fully saturated rings. The summed E-state index contributed by atoms with van der Waals surface area (Å²) < 4.78 is 12.2. The van der Waals surface area contributed by atoms with E-state index in [-0.39, 0.29) is 5.78 Å². The van der Waals surface area contributed by atoms with Crippen molar-refractivity contribution in [3.8, 4) is 0 Å². The van der Waals surface area contributed by atoms with Crippen LogP contribution in [0.1, 0.15) is 23.7 Å². The molecule has 0 amide bonds. The Balaban J connectivity index is 2.14. The molecule has 90 valence electrons. The lowest BCUT2D eigenvalue weighted by atomic mass is 10.2. The van der Waals surface area contributed by atoms with Gasteiger partial charge in [-0.3, -0.25) is 4.79 Å². The summed E-state index contributed by atoms with van der Waals surface area (Å²) in [6.07, 6.45) is 4.74. The minimum Gasteiger partial charge on any atom is -0.382 e. The molecule has 0 unspecified atom stereocenters. The summed E-state index contributed by atoms with van der Waals surface area (Å²) >= 11 is 0. The van der Waals surface area contributed by atoms with Gasteiger partial charge in [0, 0.05) is 38.2 Å². The smallest absolute Gasteiger partial charge is 0.161 e. The number of rotatable bonds is 8. The number of methoxy groups -OCH3 is 1. The SMILES string of the molecule is COCCOCCCn1ccc(C(C)=O)c1. The molecule has 16 heavy (non-hydrogen) atoms. The van der Waals surface area contributed by atoms with Crippen LogP contribution in [0.3, 0.4) is 0 Å². The van der Waals surface area contributed by atoms with Crippen molar-refractivity contribution in [3.05, 3.63) is 24.0 Å². The molecule has 0 N–H and O–H groups in total. The first-order valence-corrected chi connectivity index (χ1v) is 5.47. The van der Waals surface area contributed by atoms with Gasteiger partial charge in [0.25, 0.3) is 0 Å². The Labute approximate surface area is 96.2 Å². The second-order valence-electron chi connectivity index (χ2n) is 3.65. The number of hydrogen-bond acceptors (Lipinski definition) is 3. The predicted molar refractivity (Wildman–Crippen MR) is 61.7 cm³/mol. The third-order valence-corrected chi connectivity index (χ3v) is 2.29. The summed E-state index contributed by atoms with van der Waals surface area (Å²) in [6, 6.07) is 1.84. The summed E-state index contributed by atoms with van der Waals surface area (Å²) in [5, 5.41) is 0. The lowest BCUT2D eigenvalue weighted by Gasteiger charge is -2.04. The lowest BCUT2D eigenvalue weighted by molar-refractivity contribution is 0.0680. The average Bonchev–Trinajstić information content (AvgIpc) is 2.72. The third-order valence-electron chi connectivity index (χ3n) is 2.29. The summed E-state index contributed by atoms with van der Waals surface area (Å²) in [5.74, 6) is 0.107. The van der Waals surface area contributed by atoms with E-state index in [1.165, 1.54) is 0 Å². The molecule has 0 aliphatic heterocycles. The van der Waals surface area contributed by atoms with E-state index in [0.29, 0.717) is 13.2 Å². The van der Waals surface area contributed by atoms with Crippen LogP contribution in [0.5, 0.6) is 0 Å². The second-order valence-corrected chi connectivity index (χ2v) is 3.65. The highest BCUT2D eigenvalue weighted by Crippen LogP contribution is 2.03. The molecular weight excluding hydrogens is 206 g/mol. The fourth-order valence-corrected chi connectivity index (χ4v) is 1.38. The number of carbonyl (C=O) groups excluding carboxylic acids is 1. The van der Waals surface area contributed by atoms with Crippen molar-refractivity contribution in [3.63, 3.8) is 0 Å². The summed E-state index contributed by atoms with van der Waals surface area (Å²) in [5.41, 5.74) is 0.764. The van der Waals surface area contributed by atoms with Gasteiger partial charge in [-0.2, -0.15) is 0 Å². The molecule has 1 heterocycles. The first kappa shape index (κ1) is 12.9. The number of hydrogen-bond donors (Lipinski definition) is 0. The topological polar surface area (TPSA) is 40.5 Å². The minimum absolute atomic E-state index is 0.107. The number of Topliss-reactive ketones (excluding diaryl/α,β-unsaturated/α-hetero) is 1. The Hall–Kier alpha value is -1.13. The van der Waals surface area contributed by atoms with E-state index in [1.54, 1.807) is 14.0 Å². The lowest BCUT2D eigenvalue weighted by Crippen LogP contribution is -2.05. The number of nitrogens with zero attached hydrogens (tertiary/aromatic N) is 1. The van der Waals surface area contributed by atoms with E-state index in [0.717, 1.165) is 25.1 Å². The van der Waals surface area contributed by atoms with Crippen LogP contribution in [0.15, 0.2) is 18.5 Å². The van der Waals surface area contributed by atoms with Gasteiger partial charge in [0.05, 0.1) is 13.2 Å². The highest BCUT2D eigenvalue weighted by Gasteiger charge is 2.00. The Morgan fingerprint density at radius 2 is 2.19 bits per heavy atom. The molecule has 0 bridgehead atoms. The van der Waals surface area contributed by atoms with Crippen LogP contribution < -0.4 is 0 Å². The van der Waals surface area contributed by atoms with Gasteiger partial charge in [-0.1, -0.05) is 0 Å². The van der Waals surface area contributed by atoms with Crippen molar-refractivity contribution < 1.29 is 14.3 Å². The summed E-state index contributed by atoms with van der Waals surface area (Å²) in [6.45, 7) is 4.45. The van der Waals surface area contributed by atoms with Crippen LogP contribution in [-0.4, -0.2) is 37.3 Å². The first-order chi connectivity index (χ1) is 7.74.